The van der Waals surface area contributed by atoms with E-state index in [2.05, 4.69) is 38.2 Å². The molecule has 1 aliphatic carbocycles. The van der Waals surface area contributed by atoms with Crippen LogP contribution in [0.2, 0.25) is 0 Å². The minimum Gasteiger partial charge on any atom is -0.462 e. The first kappa shape index (κ1) is 58.3. The molecule has 0 aromatic carbocycles. The van der Waals surface area contributed by atoms with Gasteiger partial charge < -0.3 is 39.9 Å². The molecular weight excluding hydrogens is 815 g/mol. The number of aliphatic hydroxyl groups excluding tert-OH is 5. The number of hydrogen-bond acceptors (Lipinski definition) is 12. The summed E-state index contributed by atoms with van der Waals surface area (Å²) in [5, 5.41) is 50.2. The van der Waals surface area contributed by atoms with Gasteiger partial charge in [-0.25, -0.2) is 4.57 Å². The van der Waals surface area contributed by atoms with Crippen molar-refractivity contribution in [3.8, 4) is 0 Å². The number of esters is 2. The van der Waals surface area contributed by atoms with Gasteiger partial charge in [0.05, 0.1) is 6.61 Å². The number of carbonyl (C=O) groups excluding carboxylic acids is 2. The second-order valence-electron chi connectivity index (χ2n) is 17.3. The van der Waals surface area contributed by atoms with Crippen LogP contribution in [0, 0.1) is 0 Å². The SMILES string of the molecule is CCCCC/C=C\C/C=C\CCCCCCCC(=O)OC(COC(=O)CCCCCCCCCCCCCCCCCCCC)COP(=O)(O)OC1C(O)C(O)C(O)C(O)C1O. The Morgan fingerprint density at radius 3 is 1.34 bits per heavy atom. The predicted molar refractivity (Wildman–Crippen MR) is 244 cm³/mol. The van der Waals surface area contributed by atoms with Gasteiger partial charge in [0.1, 0.15) is 43.2 Å². The third-order valence-electron chi connectivity index (χ3n) is 11.5. The fourth-order valence-corrected chi connectivity index (χ4v) is 8.53. The van der Waals surface area contributed by atoms with Crippen molar-refractivity contribution >= 4 is 19.8 Å². The molecule has 14 heteroatoms. The molecule has 1 aliphatic rings. The highest BCUT2D eigenvalue weighted by Gasteiger charge is 2.51. The topological polar surface area (TPSA) is 210 Å². The monoisotopic (exact) mass is 905 g/mol. The van der Waals surface area contributed by atoms with E-state index in [1.807, 2.05) is 0 Å². The summed E-state index contributed by atoms with van der Waals surface area (Å²) in [4.78, 5) is 35.8. The second-order valence-corrected chi connectivity index (χ2v) is 18.7. The summed E-state index contributed by atoms with van der Waals surface area (Å²) < 4.78 is 33.6. The van der Waals surface area contributed by atoms with E-state index in [1.54, 1.807) is 0 Å². The van der Waals surface area contributed by atoms with E-state index in [0.29, 0.717) is 12.8 Å². The number of hydrogen-bond donors (Lipinski definition) is 6. The standard InChI is InChI=1S/C48H89O13P/c1-3-5-7-9-11-13-15-17-19-20-21-23-24-26-28-30-32-34-36-41(49)58-38-40(39-59-62(56,57)61-48-46(54)44(52)43(51)45(53)47(48)55)60-42(50)37-35-33-31-29-27-25-22-18-16-14-12-10-8-6-4-2/h12,14,18,22,40,43-48,51-55H,3-11,13,15-17,19-21,23-39H2,1-2H3,(H,56,57)/b14-12-,22-18-. The summed E-state index contributed by atoms with van der Waals surface area (Å²) in [6.45, 7) is 3.28. The van der Waals surface area contributed by atoms with Crippen LogP contribution in [0.1, 0.15) is 213 Å². The van der Waals surface area contributed by atoms with Crippen LogP contribution in [0.4, 0.5) is 0 Å². The van der Waals surface area contributed by atoms with Crippen LogP contribution >= 0.6 is 7.82 Å². The van der Waals surface area contributed by atoms with Gasteiger partial charge in [-0.05, 0) is 44.9 Å². The van der Waals surface area contributed by atoms with Crippen LogP contribution in [-0.2, 0) is 32.7 Å². The van der Waals surface area contributed by atoms with Gasteiger partial charge in [-0.2, -0.15) is 0 Å². The summed E-state index contributed by atoms with van der Waals surface area (Å²) in [6.07, 6.45) is 29.4. The Morgan fingerprint density at radius 2 is 0.871 bits per heavy atom. The molecule has 6 N–H and O–H groups in total. The summed E-state index contributed by atoms with van der Waals surface area (Å²) in [7, 11) is -5.12. The number of allylic oxidation sites excluding steroid dienone is 4. The van der Waals surface area contributed by atoms with Gasteiger partial charge in [0, 0.05) is 12.8 Å². The van der Waals surface area contributed by atoms with Crippen molar-refractivity contribution in [2.75, 3.05) is 13.2 Å². The van der Waals surface area contributed by atoms with Gasteiger partial charge in [0.25, 0.3) is 0 Å². The van der Waals surface area contributed by atoms with Crippen molar-refractivity contribution in [3.05, 3.63) is 24.3 Å². The maximum absolute atomic E-state index is 12.8. The molecule has 6 atom stereocenters. The van der Waals surface area contributed by atoms with Crippen molar-refractivity contribution in [2.45, 2.75) is 256 Å². The summed E-state index contributed by atoms with van der Waals surface area (Å²) in [5.74, 6) is -1.11. The molecule has 0 spiro atoms. The zero-order valence-electron chi connectivity index (χ0n) is 38.7. The van der Waals surface area contributed by atoms with Crippen molar-refractivity contribution < 1.29 is 63.1 Å². The molecule has 13 nitrogen and oxygen atoms in total. The number of aliphatic hydroxyl groups is 5. The van der Waals surface area contributed by atoms with Crippen LogP contribution in [0.25, 0.3) is 0 Å². The number of unbranched alkanes of at least 4 members (excludes halogenated alkanes) is 25. The molecule has 0 aromatic heterocycles. The fraction of sp³-hybridized carbons (Fsp3) is 0.875. The van der Waals surface area contributed by atoms with Crippen molar-refractivity contribution in [3.63, 3.8) is 0 Å². The fourth-order valence-electron chi connectivity index (χ4n) is 7.55. The molecule has 0 amide bonds. The molecule has 0 radical (unpaired) electrons. The summed E-state index contributed by atoms with van der Waals surface area (Å²) in [5.41, 5.74) is 0. The highest BCUT2D eigenvalue weighted by molar-refractivity contribution is 7.47. The van der Waals surface area contributed by atoms with Crippen molar-refractivity contribution in [1.82, 2.24) is 0 Å². The molecule has 6 unspecified atom stereocenters. The highest BCUT2D eigenvalue weighted by Crippen LogP contribution is 2.47. The lowest BCUT2D eigenvalue weighted by atomic mass is 9.85. The van der Waals surface area contributed by atoms with Gasteiger partial charge in [-0.1, -0.05) is 179 Å². The highest BCUT2D eigenvalue weighted by atomic mass is 31.2. The van der Waals surface area contributed by atoms with E-state index in [1.165, 1.54) is 109 Å². The number of ether oxygens (including phenoxy) is 2. The van der Waals surface area contributed by atoms with Gasteiger partial charge >= 0.3 is 19.8 Å². The third kappa shape index (κ3) is 30.5. The summed E-state index contributed by atoms with van der Waals surface area (Å²) >= 11 is 0. The van der Waals surface area contributed by atoms with Crippen LogP contribution in [0.15, 0.2) is 24.3 Å². The first-order valence-electron chi connectivity index (χ1n) is 24.6. The Morgan fingerprint density at radius 1 is 0.500 bits per heavy atom. The number of phosphoric ester groups is 1. The van der Waals surface area contributed by atoms with Gasteiger partial charge in [-0.3, -0.25) is 18.6 Å². The minimum atomic E-state index is -5.12. The molecule has 364 valence electrons. The molecule has 0 bridgehead atoms. The Kier molecular flexibility index (Phi) is 36.3. The number of phosphoric acid groups is 1. The Labute approximate surface area is 375 Å². The van der Waals surface area contributed by atoms with Crippen LogP contribution in [-0.4, -0.2) is 98.3 Å². The van der Waals surface area contributed by atoms with E-state index in [9.17, 15) is 44.6 Å². The smallest absolute Gasteiger partial charge is 0.462 e. The predicted octanol–water partition coefficient (Wildman–Crippen LogP) is 10.0. The maximum atomic E-state index is 12.8. The quantitative estimate of drug-likeness (QED) is 0.0146. The van der Waals surface area contributed by atoms with Crippen LogP contribution < -0.4 is 0 Å². The molecule has 0 saturated heterocycles. The lowest BCUT2D eigenvalue weighted by Gasteiger charge is -2.41. The van der Waals surface area contributed by atoms with E-state index >= 15 is 0 Å². The molecular formula is C48H89O13P. The largest absolute Gasteiger partial charge is 0.472 e. The van der Waals surface area contributed by atoms with Gasteiger partial charge in [0.15, 0.2) is 6.10 Å². The molecule has 0 aromatic rings. The lowest BCUT2D eigenvalue weighted by Crippen LogP contribution is -2.64. The van der Waals surface area contributed by atoms with Gasteiger partial charge in [0.2, 0.25) is 0 Å². The average Bonchev–Trinajstić information content (AvgIpc) is 3.25. The van der Waals surface area contributed by atoms with E-state index in [-0.39, 0.29) is 12.8 Å². The number of carbonyl (C=O) groups is 2. The Balaban J connectivity index is 2.42. The maximum Gasteiger partial charge on any atom is 0.472 e. The summed E-state index contributed by atoms with van der Waals surface area (Å²) in [6, 6.07) is 0. The Hall–Kier alpha value is -1.67. The van der Waals surface area contributed by atoms with E-state index in [0.717, 1.165) is 64.2 Å². The first-order valence-corrected chi connectivity index (χ1v) is 26.1. The normalized spacial score (nSPS) is 22.0. The third-order valence-corrected chi connectivity index (χ3v) is 12.5. The second kappa shape index (κ2) is 38.6. The van der Waals surface area contributed by atoms with Gasteiger partial charge in [-0.15, -0.1) is 0 Å². The van der Waals surface area contributed by atoms with Crippen LogP contribution in [0.3, 0.4) is 0 Å². The van der Waals surface area contributed by atoms with E-state index in [4.69, 9.17) is 18.5 Å². The molecule has 62 heavy (non-hydrogen) atoms. The molecule has 0 heterocycles. The zero-order valence-corrected chi connectivity index (χ0v) is 39.6. The Bertz CT molecular complexity index is 1180. The molecule has 1 rings (SSSR count). The van der Waals surface area contributed by atoms with Crippen molar-refractivity contribution in [2.24, 2.45) is 0 Å². The minimum absolute atomic E-state index is 0.0834. The average molecular weight is 905 g/mol. The first-order chi connectivity index (χ1) is 29.9. The number of rotatable bonds is 41. The van der Waals surface area contributed by atoms with E-state index < -0.39 is 75.7 Å². The molecule has 1 saturated carbocycles. The van der Waals surface area contributed by atoms with Crippen LogP contribution in [0.5, 0.6) is 0 Å². The molecule has 1 fully saturated rings. The zero-order chi connectivity index (χ0) is 45.7. The molecule has 0 aliphatic heterocycles. The van der Waals surface area contributed by atoms with Crippen molar-refractivity contribution in [1.29, 1.82) is 0 Å². The lowest BCUT2D eigenvalue weighted by molar-refractivity contribution is -0.220.